The topological polar surface area (TPSA) is 127 Å². The molecule has 0 aliphatic rings. The molecule has 154 valence electrons. The summed E-state index contributed by atoms with van der Waals surface area (Å²) in [5.41, 5.74) is 1.16. The molecular formula is C18H14BrN5O4S2. The number of nitro benzene ring substituents is 1. The molecular weight excluding hydrogens is 494 g/mol. The van der Waals surface area contributed by atoms with Gasteiger partial charge in [0.2, 0.25) is 11.0 Å². The molecule has 3 rings (SSSR count). The Morgan fingerprint density at radius 1 is 1.17 bits per heavy atom. The predicted molar refractivity (Wildman–Crippen MR) is 119 cm³/mol. The third-order valence-corrected chi connectivity index (χ3v) is 6.25. The molecule has 9 nitrogen and oxygen atoms in total. The van der Waals surface area contributed by atoms with Crippen molar-refractivity contribution in [3.05, 3.63) is 68.2 Å². The summed E-state index contributed by atoms with van der Waals surface area (Å²) in [5, 5.41) is 24.4. The van der Waals surface area contributed by atoms with Crippen LogP contribution in [0.25, 0.3) is 0 Å². The van der Waals surface area contributed by atoms with Crippen LogP contribution in [0, 0.1) is 17.0 Å². The van der Waals surface area contributed by atoms with E-state index in [0.717, 1.165) is 15.8 Å². The van der Waals surface area contributed by atoms with Gasteiger partial charge < -0.3 is 5.32 Å². The predicted octanol–water partition coefficient (Wildman–Crippen LogP) is 4.50. The summed E-state index contributed by atoms with van der Waals surface area (Å²) in [7, 11) is 0. The summed E-state index contributed by atoms with van der Waals surface area (Å²) in [6, 6.07) is 11.4. The van der Waals surface area contributed by atoms with Crippen molar-refractivity contribution in [2.75, 3.05) is 16.4 Å². The minimum absolute atomic E-state index is 0.128. The molecule has 0 radical (unpaired) electrons. The number of benzene rings is 2. The van der Waals surface area contributed by atoms with Crippen molar-refractivity contribution < 1.29 is 14.5 Å². The molecule has 12 heteroatoms. The van der Waals surface area contributed by atoms with E-state index in [1.807, 2.05) is 12.1 Å². The van der Waals surface area contributed by atoms with Gasteiger partial charge in [-0.25, -0.2) is 0 Å². The van der Waals surface area contributed by atoms with Gasteiger partial charge in [0, 0.05) is 27.4 Å². The van der Waals surface area contributed by atoms with Crippen molar-refractivity contribution in [1.82, 2.24) is 10.2 Å². The smallest absolute Gasteiger partial charge is 0.273 e. The molecule has 2 aromatic carbocycles. The average molecular weight is 508 g/mol. The summed E-state index contributed by atoms with van der Waals surface area (Å²) in [6.45, 7) is 1.60. The van der Waals surface area contributed by atoms with Crippen LogP contribution in [0.15, 0.2) is 51.3 Å². The second-order valence-electron chi connectivity index (χ2n) is 5.93. The van der Waals surface area contributed by atoms with E-state index >= 15 is 0 Å². The van der Waals surface area contributed by atoms with Crippen LogP contribution in [0.2, 0.25) is 0 Å². The fourth-order valence-electron chi connectivity index (χ4n) is 2.29. The molecule has 1 heterocycles. The standard InChI is InChI=1S/C18H14BrN5O4S2/c1-10-2-3-11(8-14(10)24(27)28)16(26)21-17-22-23-18(30-17)29-9-15(25)20-13-6-4-12(19)5-7-13/h2-8H,9H2,1H3,(H,20,25)(H,21,22,26). The van der Waals surface area contributed by atoms with Crippen LogP contribution in [0.5, 0.6) is 0 Å². The van der Waals surface area contributed by atoms with Gasteiger partial charge in [-0.3, -0.25) is 25.0 Å². The number of aryl methyl sites for hydroxylation is 1. The Balaban J connectivity index is 1.55. The number of nitrogens with one attached hydrogen (secondary N) is 2. The number of carbonyl (C=O) groups is 2. The van der Waals surface area contributed by atoms with Crippen molar-refractivity contribution in [2.45, 2.75) is 11.3 Å². The van der Waals surface area contributed by atoms with E-state index in [4.69, 9.17) is 0 Å². The van der Waals surface area contributed by atoms with E-state index in [0.29, 0.717) is 15.6 Å². The lowest BCUT2D eigenvalue weighted by Gasteiger charge is -2.04. The SMILES string of the molecule is Cc1ccc(C(=O)Nc2nnc(SCC(=O)Nc3ccc(Br)cc3)s2)cc1[N+](=O)[O-]. The maximum atomic E-state index is 12.3. The van der Waals surface area contributed by atoms with E-state index in [1.165, 1.54) is 30.0 Å². The van der Waals surface area contributed by atoms with Gasteiger partial charge in [0.05, 0.1) is 10.7 Å². The minimum atomic E-state index is -0.537. The molecule has 0 saturated heterocycles. The molecule has 30 heavy (non-hydrogen) atoms. The van der Waals surface area contributed by atoms with Gasteiger partial charge in [-0.1, -0.05) is 45.1 Å². The summed E-state index contributed by atoms with van der Waals surface area (Å²) in [4.78, 5) is 34.9. The van der Waals surface area contributed by atoms with Crippen molar-refractivity contribution in [3.63, 3.8) is 0 Å². The van der Waals surface area contributed by atoms with E-state index in [1.54, 1.807) is 19.1 Å². The van der Waals surface area contributed by atoms with Gasteiger partial charge >= 0.3 is 0 Å². The third kappa shape index (κ3) is 5.84. The fourth-order valence-corrected chi connectivity index (χ4v) is 4.10. The Hall–Kier alpha value is -2.83. The average Bonchev–Trinajstić information content (AvgIpc) is 3.15. The second kappa shape index (κ2) is 9.78. The van der Waals surface area contributed by atoms with E-state index in [-0.39, 0.29) is 28.0 Å². The number of halogens is 1. The van der Waals surface area contributed by atoms with Gasteiger partial charge in [0.1, 0.15) is 0 Å². The molecule has 0 aliphatic heterocycles. The Kier molecular flexibility index (Phi) is 7.13. The molecule has 0 atom stereocenters. The van der Waals surface area contributed by atoms with Crippen LogP contribution >= 0.6 is 39.0 Å². The zero-order valence-electron chi connectivity index (χ0n) is 15.4. The zero-order valence-corrected chi connectivity index (χ0v) is 18.6. The maximum Gasteiger partial charge on any atom is 0.273 e. The maximum absolute atomic E-state index is 12.3. The first-order valence-corrected chi connectivity index (χ1v) is 11.0. The van der Waals surface area contributed by atoms with E-state index in [2.05, 4.69) is 36.8 Å². The minimum Gasteiger partial charge on any atom is -0.325 e. The van der Waals surface area contributed by atoms with Crippen LogP contribution in [-0.4, -0.2) is 32.7 Å². The number of hydrogen-bond acceptors (Lipinski definition) is 8. The van der Waals surface area contributed by atoms with Crippen LogP contribution in [-0.2, 0) is 4.79 Å². The number of amides is 2. The lowest BCUT2D eigenvalue weighted by molar-refractivity contribution is -0.385. The summed E-state index contributed by atoms with van der Waals surface area (Å²) < 4.78 is 1.42. The molecule has 3 aromatic rings. The van der Waals surface area contributed by atoms with Gasteiger partial charge in [-0.2, -0.15) is 0 Å². The van der Waals surface area contributed by atoms with Crippen LogP contribution in [0.3, 0.4) is 0 Å². The normalized spacial score (nSPS) is 10.5. The highest BCUT2D eigenvalue weighted by Crippen LogP contribution is 2.26. The second-order valence-corrected chi connectivity index (χ2v) is 9.05. The zero-order chi connectivity index (χ0) is 21.7. The number of aromatic nitrogens is 2. The van der Waals surface area contributed by atoms with Crippen LogP contribution in [0.4, 0.5) is 16.5 Å². The van der Waals surface area contributed by atoms with Crippen molar-refractivity contribution in [3.8, 4) is 0 Å². The molecule has 0 unspecified atom stereocenters. The first-order valence-electron chi connectivity index (χ1n) is 8.40. The number of nitro groups is 1. The third-order valence-electron chi connectivity index (χ3n) is 3.75. The highest BCUT2D eigenvalue weighted by Gasteiger charge is 2.17. The quantitative estimate of drug-likeness (QED) is 0.208. The van der Waals surface area contributed by atoms with Crippen LogP contribution < -0.4 is 10.6 Å². The van der Waals surface area contributed by atoms with Crippen molar-refractivity contribution in [1.29, 1.82) is 0 Å². The fraction of sp³-hybridized carbons (Fsp3) is 0.111. The molecule has 0 bridgehead atoms. The number of anilines is 2. The Bertz CT molecular complexity index is 1100. The number of carbonyl (C=O) groups excluding carboxylic acids is 2. The number of nitrogens with zero attached hydrogens (tertiary/aromatic N) is 3. The van der Waals surface area contributed by atoms with Crippen molar-refractivity contribution in [2.24, 2.45) is 0 Å². The number of rotatable bonds is 7. The van der Waals surface area contributed by atoms with E-state index in [9.17, 15) is 19.7 Å². The van der Waals surface area contributed by atoms with Crippen molar-refractivity contribution >= 4 is 67.3 Å². The highest BCUT2D eigenvalue weighted by atomic mass is 79.9. The van der Waals surface area contributed by atoms with Gasteiger partial charge in [0.15, 0.2) is 4.34 Å². The first kappa shape index (κ1) is 21.9. The van der Waals surface area contributed by atoms with Gasteiger partial charge in [-0.05, 0) is 37.3 Å². The summed E-state index contributed by atoms with van der Waals surface area (Å²) in [5.74, 6) is -0.600. The Morgan fingerprint density at radius 2 is 1.90 bits per heavy atom. The molecule has 1 aromatic heterocycles. The van der Waals surface area contributed by atoms with E-state index < -0.39 is 10.8 Å². The Morgan fingerprint density at radius 3 is 2.60 bits per heavy atom. The highest BCUT2D eigenvalue weighted by molar-refractivity contribution is 9.10. The van der Waals surface area contributed by atoms with Crippen LogP contribution in [0.1, 0.15) is 15.9 Å². The van der Waals surface area contributed by atoms with Gasteiger partial charge in [-0.15, -0.1) is 10.2 Å². The number of thioether (sulfide) groups is 1. The summed E-state index contributed by atoms with van der Waals surface area (Å²) in [6.07, 6.45) is 0. The lowest BCUT2D eigenvalue weighted by atomic mass is 10.1. The number of hydrogen-bond donors (Lipinski definition) is 2. The first-order chi connectivity index (χ1) is 14.3. The Labute approximate surface area is 187 Å². The monoisotopic (exact) mass is 507 g/mol. The molecule has 0 aliphatic carbocycles. The molecule has 0 saturated carbocycles. The molecule has 0 spiro atoms. The summed E-state index contributed by atoms with van der Waals surface area (Å²) >= 11 is 5.62. The molecule has 2 N–H and O–H groups in total. The van der Waals surface area contributed by atoms with Gasteiger partial charge in [0.25, 0.3) is 11.6 Å². The lowest BCUT2D eigenvalue weighted by Crippen LogP contribution is -2.13. The largest absolute Gasteiger partial charge is 0.325 e. The molecule has 2 amide bonds. The molecule has 0 fully saturated rings.